The van der Waals surface area contributed by atoms with Crippen LogP contribution in [0.5, 0.6) is 0 Å². The molecule has 3 nitrogen and oxygen atoms in total. The molecule has 0 aromatic carbocycles. The van der Waals surface area contributed by atoms with Crippen LogP contribution in [0.15, 0.2) is 0 Å². The van der Waals surface area contributed by atoms with Gasteiger partial charge in [0.25, 0.3) is 0 Å². The van der Waals surface area contributed by atoms with Gasteiger partial charge < -0.3 is 10.8 Å². The van der Waals surface area contributed by atoms with Crippen molar-refractivity contribution in [3.8, 4) is 0 Å². The van der Waals surface area contributed by atoms with Gasteiger partial charge in [-0.2, -0.15) is 0 Å². The molecule has 2 atom stereocenters. The third-order valence-corrected chi connectivity index (χ3v) is 1.98. The fraction of sp³-hybridized carbons (Fsp3) is 0.889. The van der Waals surface area contributed by atoms with E-state index in [9.17, 15) is 4.79 Å². The quantitative estimate of drug-likeness (QED) is 0.661. The molecule has 0 amide bonds. The molecule has 0 unspecified atom stereocenters. The van der Waals surface area contributed by atoms with E-state index in [2.05, 4.69) is 13.8 Å². The maximum Gasteiger partial charge on any atom is 0.304 e. The summed E-state index contributed by atoms with van der Waals surface area (Å²) in [6, 6.07) is -0.204. The van der Waals surface area contributed by atoms with Crippen molar-refractivity contribution in [3.63, 3.8) is 0 Å². The molecule has 12 heavy (non-hydrogen) atoms. The van der Waals surface area contributed by atoms with E-state index >= 15 is 0 Å². The predicted octanol–water partition coefficient (Wildman–Crippen LogP) is 1.47. The predicted molar refractivity (Wildman–Crippen MR) is 48.8 cm³/mol. The lowest BCUT2D eigenvalue weighted by atomic mass is 9.91. The lowest BCUT2D eigenvalue weighted by Crippen LogP contribution is -2.31. The molecule has 72 valence electrons. The first kappa shape index (κ1) is 11.4. The van der Waals surface area contributed by atoms with Crippen LogP contribution in [-0.4, -0.2) is 17.1 Å². The third kappa shape index (κ3) is 5.13. The van der Waals surface area contributed by atoms with Crippen molar-refractivity contribution < 1.29 is 9.90 Å². The number of carboxylic acid groups (broad SMARTS) is 1. The Kier molecular flexibility index (Phi) is 4.90. The second kappa shape index (κ2) is 5.14. The van der Waals surface area contributed by atoms with Crippen LogP contribution in [0.1, 0.15) is 33.6 Å². The first-order chi connectivity index (χ1) is 5.43. The zero-order chi connectivity index (χ0) is 9.72. The van der Waals surface area contributed by atoms with Crippen molar-refractivity contribution in [1.29, 1.82) is 0 Å². The molecule has 0 radical (unpaired) electrons. The van der Waals surface area contributed by atoms with Crippen LogP contribution in [0.4, 0.5) is 0 Å². The first-order valence-corrected chi connectivity index (χ1v) is 4.40. The molecule has 0 spiro atoms. The van der Waals surface area contributed by atoms with Gasteiger partial charge in [-0.3, -0.25) is 4.79 Å². The van der Waals surface area contributed by atoms with E-state index < -0.39 is 5.97 Å². The van der Waals surface area contributed by atoms with Crippen LogP contribution < -0.4 is 5.73 Å². The molecule has 0 fully saturated rings. The van der Waals surface area contributed by atoms with Gasteiger partial charge in [-0.05, 0) is 18.3 Å². The van der Waals surface area contributed by atoms with Gasteiger partial charge in [-0.25, -0.2) is 0 Å². The molecule has 0 aliphatic carbocycles. The summed E-state index contributed by atoms with van der Waals surface area (Å²) >= 11 is 0. The molecule has 0 saturated carbocycles. The van der Waals surface area contributed by atoms with Gasteiger partial charge in [-0.1, -0.05) is 20.8 Å². The van der Waals surface area contributed by atoms with E-state index in [1.165, 1.54) is 0 Å². The second-order valence-corrected chi connectivity index (χ2v) is 3.87. The largest absolute Gasteiger partial charge is 0.481 e. The topological polar surface area (TPSA) is 63.3 Å². The number of hydrogen-bond donors (Lipinski definition) is 2. The molecule has 0 rings (SSSR count). The van der Waals surface area contributed by atoms with Crippen molar-refractivity contribution in [3.05, 3.63) is 0 Å². The van der Waals surface area contributed by atoms with Gasteiger partial charge in [0.2, 0.25) is 0 Å². The molecule has 0 bridgehead atoms. The highest BCUT2D eigenvalue weighted by Crippen LogP contribution is 2.15. The second-order valence-electron chi connectivity index (χ2n) is 3.87. The molecule has 0 aliphatic rings. The standard InChI is InChI=1S/C9H19NO2/c1-6(2)4-7(3)8(10)5-9(11)12/h6-8H,4-5,10H2,1-3H3,(H,11,12)/t7-,8+/m0/s1. The summed E-state index contributed by atoms with van der Waals surface area (Å²) in [5, 5.41) is 8.49. The third-order valence-electron chi connectivity index (χ3n) is 1.98. The molecule has 0 aromatic rings. The van der Waals surface area contributed by atoms with Gasteiger partial charge in [0.05, 0.1) is 6.42 Å². The van der Waals surface area contributed by atoms with Crippen molar-refractivity contribution in [1.82, 2.24) is 0 Å². The summed E-state index contributed by atoms with van der Waals surface area (Å²) in [6.07, 6.45) is 1.07. The Morgan fingerprint density at radius 3 is 2.25 bits per heavy atom. The average Bonchev–Trinajstić information content (AvgIpc) is 1.84. The van der Waals surface area contributed by atoms with E-state index in [1.807, 2.05) is 6.92 Å². The Balaban J connectivity index is 3.76. The van der Waals surface area contributed by atoms with Gasteiger partial charge in [0, 0.05) is 6.04 Å². The highest BCUT2D eigenvalue weighted by atomic mass is 16.4. The Labute approximate surface area is 74.0 Å². The number of rotatable bonds is 5. The van der Waals surface area contributed by atoms with Crippen molar-refractivity contribution in [2.24, 2.45) is 17.6 Å². The maximum atomic E-state index is 10.3. The molecule has 0 aliphatic heterocycles. The van der Waals surface area contributed by atoms with Crippen LogP contribution in [0.3, 0.4) is 0 Å². The highest BCUT2D eigenvalue weighted by Gasteiger charge is 2.16. The van der Waals surface area contributed by atoms with Gasteiger partial charge >= 0.3 is 5.97 Å². The average molecular weight is 173 g/mol. The minimum atomic E-state index is -0.807. The van der Waals surface area contributed by atoms with E-state index in [1.54, 1.807) is 0 Å². The fourth-order valence-electron chi connectivity index (χ4n) is 1.32. The SMILES string of the molecule is CC(C)C[C@H](C)[C@H](N)CC(=O)O. The smallest absolute Gasteiger partial charge is 0.304 e. The number of nitrogens with two attached hydrogens (primary N) is 1. The van der Waals surface area contributed by atoms with Gasteiger partial charge in [0.1, 0.15) is 0 Å². The lowest BCUT2D eigenvalue weighted by molar-refractivity contribution is -0.137. The summed E-state index contributed by atoms with van der Waals surface area (Å²) in [6.45, 7) is 6.24. The van der Waals surface area contributed by atoms with Crippen molar-refractivity contribution >= 4 is 5.97 Å². The summed E-state index contributed by atoms with van der Waals surface area (Å²) in [4.78, 5) is 10.3. The first-order valence-electron chi connectivity index (χ1n) is 4.40. The summed E-state index contributed by atoms with van der Waals surface area (Å²) < 4.78 is 0. The van der Waals surface area contributed by atoms with Crippen molar-refractivity contribution in [2.45, 2.75) is 39.7 Å². The number of aliphatic carboxylic acids is 1. The van der Waals surface area contributed by atoms with E-state index in [0.717, 1.165) is 6.42 Å². The number of carbonyl (C=O) groups is 1. The normalized spacial score (nSPS) is 16.1. The Hall–Kier alpha value is -0.570. The fourth-order valence-corrected chi connectivity index (χ4v) is 1.32. The van der Waals surface area contributed by atoms with Gasteiger partial charge in [0.15, 0.2) is 0 Å². The van der Waals surface area contributed by atoms with Crippen molar-refractivity contribution in [2.75, 3.05) is 0 Å². The number of hydrogen-bond acceptors (Lipinski definition) is 2. The Morgan fingerprint density at radius 1 is 1.42 bits per heavy atom. The molecule has 3 N–H and O–H groups in total. The zero-order valence-corrected chi connectivity index (χ0v) is 8.08. The Bertz CT molecular complexity index is 145. The maximum absolute atomic E-state index is 10.3. The van der Waals surface area contributed by atoms with Crippen LogP contribution in [0.25, 0.3) is 0 Å². The van der Waals surface area contributed by atoms with Crippen LogP contribution in [0, 0.1) is 11.8 Å². The number of carboxylic acids is 1. The van der Waals surface area contributed by atoms with Crippen LogP contribution >= 0.6 is 0 Å². The van der Waals surface area contributed by atoms with E-state index in [-0.39, 0.29) is 12.5 Å². The summed E-state index contributed by atoms with van der Waals surface area (Å²) in [5.74, 6) is 0.0686. The van der Waals surface area contributed by atoms with Crippen LogP contribution in [-0.2, 0) is 4.79 Å². The minimum absolute atomic E-state index is 0.0773. The monoisotopic (exact) mass is 173 g/mol. The molecule has 0 aromatic heterocycles. The molecule has 0 saturated heterocycles. The molecular weight excluding hydrogens is 154 g/mol. The summed E-state index contributed by atoms with van der Waals surface area (Å²) in [5.41, 5.74) is 5.69. The highest BCUT2D eigenvalue weighted by molar-refractivity contribution is 5.67. The molecular formula is C9H19NO2. The van der Waals surface area contributed by atoms with Gasteiger partial charge in [-0.15, -0.1) is 0 Å². The zero-order valence-electron chi connectivity index (χ0n) is 8.08. The van der Waals surface area contributed by atoms with Crippen LogP contribution in [0.2, 0.25) is 0 Å². The van der Waals surface area contributed by atoms with E-state index in [4.69, 9.17) is 10.8 Å². The Morgan fingerprint density at radius 2 is 1.92 bits per heavy atom. The lowest BCUT2D eigenvalue weighted by Gasteiger charge is -2.19. The molecule has 3 heteroatoms. The summed E-state index contributed by atoms with van der Waals surface area (Å²) in [7, 11) is 0. The van der Waals surface area contributed by atoms with E-state index in [0.29, 0.717) is 11.8 Å². The molecule has 0 heterocycles. The minimum Gasteiger partial charge on any atom is -0.481 e.